The Morgan fingerprint density at radius 2 is 2.15 bits per heavy atom. The van der Waals surface area contributed by atoms with E-state index in [9.17, 15) is 9.59 Å². The van der Waals surface area contributed by atoms with Gasteiger partial charge in [-0.2, -0.15) is 0 Å². The molecule has 7 nitrogen and oxygen atoms in total. The summed E-state index contributed by atoms with van der Waals surface area (Å²) in [4.78, 5) is 38.5. The number of hydrogen-bond acceptors (Lipinski definition) is 6. The standard InChI is InChI=1S/C13H14N4O3/c1-3-20-11(19)7-10(18)9-6-8(2)16-13(17-9)12-14-4-5-15-12/h4-6H,3,7H2,1-2H3,(H,14,15). The number of aromatic nitrogens is 4. The second-order valence-corrected chi connectivity index (χ2v) is 4.06. The zero-order valence-corrected chi connectivity index (χ0v) is 11.2. The summed E-state index contributed by atoms with van der Waals surface area (Å²) in [5.74, 6) is -0.170. The molecule has 1 N–H and O–H groups in total. The summed E-state index contributed by atoms with van der Waals surface area (Å²) >= 11 is 0. The summed E-state index contributed by atoms with van der Waals surface area (Å²) in [5, 5.41) is 0. The molecule has 0 spiro atoms. The number of aromatic amines is 1. The van der Waals surface area contributed by atoms with Crippen LogP contribution >= 0.6 is 0 Å². The van der Waals surface area contributed by atoms with Gasteiger partial charge in [-0.25, -0.2) is 15.0 Å². The Kier molecular flexibility index (Phi) is 4.19. The van der Waals surface area contributed by atoms with E-state index >= 15 is 0 Å². The number of carbonyl (C=O) groups is 2. The fourth-order valence-electron chi connectivity index (χ4n) is 1.64. The summed E-state index contributed by atoms with van der Waals surface area (Å²) in [6.45, 7) is 3.67. The molecule has 2 aromatic heterocycles. The molecule has 0 radical (unpaired) electrons. The van der Waals surface area contributed by atoms with Gasteiger partial charge in [0, 0.05) is 18.1 Å². The maximum absolute atomic E-state index is 12.0. The van der Waals surface area contributed by atoms with Crippen molar-refractivity contribution in [2.45, 2.75) is 20.3 Å². The van der Waals surface area contributed by atoms with Crippen LogP contribution in [0.5, 0.6) is 0 Å². The van der Waals surface area contributed by atoms with Crippen LogP contribution in [0.25, 0.3) is 11.6 Å². The molecule has 2 rings (SSSR count). The number of nitrogens with zero attached hydrogens (tertiary/aromatic N) is 3. The molecular weight excluding hydrogens is 260 g/mol. The maximum Gasteiger partial charge on any atom is 0.313 e. The molecule has 0 saturated carbocycles. The fourth-order valence-corrected chi connectivity index (χ4v) is 1.64. The van der Waals surface area contributed by atoms with E-state index in [-0.39, 0.29) is 18.7 Å². The molecule has 0 aliphatic carbocycles. The third kappa shape index (κ3) is 3.25. The number of hydrogen-bond donors (Lipinski definition) is 1. The second-order valence-electron chi connectivity index (χ2n) is 4.06. The number of Topliss-reactive ketones (excluding diaryl/α,β-unsaturated/α-hetero) is 1. The molecule has 0 aliphatic rings. The lowest BCUT2D eigenvalue weighted by atomic mass is 10.2. The van der Waals surface area contributed by atoms with E-state index in [0.717, 1.165) is 0 Å². The summed E-state index contributed by atoms with van der Waals surface area (Å²) in [6.07, 6.45) is 2.88. The Bertz CT molecular complexity index is 623. The zero-order valence-electron chi connectivity index (χ0n) is 11.2. The van der Waals surface area contributed by atoms with Crippen molar-refractivity contribution >= 4 is 11.8 Å². The van der Waals surface area contributed by atoms with Crippen molar-refractivity contribution in [3.63, 3.8) is 0 Å². The van der Waals surface area contributed by atoms with Crippen LogP contribution in [0.2, 0.25) is 0 Å². The normalized spacial score (nSPS) is 10.3. The van der Waals surface area contributed by atoms with Gasteiger partial charge in [0.1, 0.15) is 12.1 Å². The second kappa shape index (κ2) is 6.05. The minimum absolute atomic E-state index is 0.178. The van der Waals surface area contributed by atoms with Crippen LogP contribution in [0.1, 0.15) is 29.5 Å². The highest BCUT2D eigenvalue weighted by molar-refractivity contribution is 6.04. The third-order valence-corrected chi connectivity index (χ3v) is 2.46. The molecule has 0 aliphatic heterocycles. The van der Waals surface area contributed by atoms with Crippen molar-refractivity contribution in [1.29, 1.82) is 0 Å². The van der Waals surface area contributed by atoms with Gasteiger partial charge in [0.25, 0.3) is 0 Å². The van der Waals surface area contributed by atoms with Crippen LogP contribution in [0, 0.1) is 6.92 Å². The van der Waals surface area contributed by atoms with Gasteiger partial charge in [0.05, 0.1) is 6.61 Å². The van der Waals surface area contributed by atoms with Crippen molar-refractivity contribution in [3.05, 3.63) is 29.8 Å². The molecule has 0 saturated heterocycles. The van der Waals surface area contributed by atoms with Gasteiger partial charge in [-0.3, -0.25) is 9.59 Å². The van der Waals surface area contributed by atoms with Crippen molar-refractivity contribution < 1.29 is 14.3 Å². The summed E-state index contributed by atoms with van der Waals surface area (Å²) in [6, 6.07) is 1.54. The molecule has 0 atom stereocenters. The first-order chi connectivity index (χ1) is 9.60. The van der Waals surface area contributed by atoms with Gasteiger partial charge >= 0.3 is 5.97 Å². The van der Waals surface area contributed by atoms with Gasteiger partial charge in [-0.1, -0.05) is 0 Å². The minimum atomic E-state index is -0.562. The number of esters is 1. The lowest BCUT2D eigenvalue weighted by molar-refractivity contribution is -0.141. The lowest BCUT2D eigenvalue weighted by Crippen LogP contribution is -2.13. The topological polar surface area (TPSA) is 97.8 Å². The number of imidazole rings is 1. The van der Waals surface area contributed by atoms with E-state index in [1.807, 2.05) is 0 Å². The fraction of sp³-hybridized carbons (Fsp3) is 0.308. The van der Waals surface area contributed by atoms with Gasteiger partial charge in [0.2, 0.25) is 0 Å². The Morgan fingerprint density at radius 1 is 1.35 bits per heavy atom. The van der Waals surface area contributed by atoms with E-state index < -0.39 is 11.8 Å². The van der Waals surface area contributed by atoms with Gasteiger partial charge in [-0.15, -0.1) is 0 Å². The molecule has 0 unspecified atom stereocenters. The minimum Gasteiger partial charge on any atom is -0.466 e. The van der Waals surface area contributed by atoms with E-state index in [1.54, 1.807) is 26.2 Å². The highest BCUT2D eigenvalue weighted by Gasteiger charge is 2.16. The van der Waals surface area contributed by atoms with Crippen molar-refractivity contribution in [2.75, 3.05) is 6.61 Å². The molecule has 2 aromatic rings. The van der Waals surface area contributed by atoms with Crippen LogP contribution < -0.4 is 0 Å². The van der Waals surface area contributed by atoms with Crippen molar-refractivity contribution in [2.24, 2.45) is 0 Å². The SMILES string of the molecule is CCOC(=O)CC(=O)c1cc(C)nc(-c2ncc[nH]2)n1. The van der Waals surface area contributed by atoms with Crippen LogP contribution in [0.3, 0.4) is 0 Å². The Morgan fingerprint density at radius 3 is 2.80 bits per heavy atom. The van der Waals surface area contributed by atoms with E-state index in [4.69, 9.17) is 4.74 Å². The van der Waals surface area contributed by atoms with Gasteiger partial charge < -0.3 is 9.72 Å². The average molecular weight is 274 g/mol. The molecule has 0 amide bonds. The van der Waals surface area contributed by atoms with Crippen molar-refractivity contribution in [3.8, 4) is 11.6 Å². The van der Waals surface area contributed by atoms with Gasteiger partial charge in [0.15, 0.2) is 17.4 Å². The van der Waals surface area contributed by atoms with E-state index in [2.05, 4.69) is 19.9 Å². The number of carbonyl (C=O) groups excluding carboxylic acids is 2. The Hall–Kier alpha value is -2.57. The number of rotatable bonds is 5. The smallest absolute Gasteiger partial charge is 0.313 e. The molecule has 7 heteroatoms. The monoisotopic (exact) mass is 274 g/mol. The molecule has 20 heavy (non-hydrogen) atoms. The van der Waals surface area contributed by atoms with Crippen LogP contribution in [-0.4, -0.2) is 38.3 Å². The van der Waals surface area contributed by atoms with E-state index in [0.29, 0.717) is 17.3 Å². The summed E-state index contributed by atoms with van der Waals surface area (Å²) in [5.41, 5.74) is 0.801. The van der Waals surface area contributed by atoms with Gasteiger partial charge in [-0.05, 0) is 19.9 Å². The maximum atomic E-state index is 12.0. The molecule has 0 bridgehead atoms. The molecular formula is C13H14N4O3. The first-order valence-electron chi connectivity index (χ1n) is 6.14. The Balaban J connectivity index is 2.24. The highest BCUT2D eigenvalue weighted by atomic mass is 16.5. The zero-order chi connectivity index (χ0) is 14.5. The van der Waals surface area contributed by atoms with Crippen molar-refractivity contribution in [1.82, 2.24) is 19.9 Å². The largest absolute Gasteiger partial charge is 0.466 e. The number of H-pyrrole nitrogens is 1. The third-order valence-electron chi connectivity index (χ3n) is 2.46. The molecule has 0 fully saturated rings. The first kappa shape index (κ1) is 13.9. The lowest BCUT2D eigenvalue weighted by Gasteiger charge is -2.04. The summed E-state index contributed by atoms with van der Waals surface area (Å²) < 4.78 is 4.75. The Labute approximate surface area is 115 Å². The van der Waals surface area contributed by atoms with Crippen LogP contribution in [0.4, 0.5) is 0 Å². The summed E-state index contributed by atoms with van der Waals surface area (Å²) in [7, 11) is 0. The predicted octanol–water partition coefficient (Wildman–Crippen LogP) is 1.31. The number of ether oxygens (including phenoxy) is 1. The first-order valence-corrected chi connectivity index (χ1v) is 6.14. The van der Waals surface area contributed by atoms with Crippen LogP contribution in [0.15, 0.2) is 18.5 Å². The molecule has 0 aromatic carbocycles. The highest BCUT2D eigenvalue weighted by Crippen LogP contribution is 2.12. The predicted molar refractivity (Wildman–Crippen MR) is 69.9 cm³/mol. The number of nitrogens with one attached hydrogen (secondary N) is 1. The number of aryl methyl sites for hydroxylation is 1. The molecule has 2 heterocycles. The van der Waals surface area contributed by atoms with Crippen LogP contribution in [-0.2, 0) is 9.53 Å². The quantitative estimate of drug-likeness (QED) is 0.501. The number of ketones is 1. The molecule has 104 valence electrons. The van der Waals surface area contributed by atoms with E-state index in [1.165, 1.54) is 6.07 Å². The average Bonchev–Trinajstić information content (AvgIpc) is 2.92.